The average Bonchev–Trinajstić information content (AvgIpc) is 3.28. The fraction of sp³-hybridized carbons (Fsp3) is 0.278. The summed E-state index contributed by atoms with van der Waals surface area (Å²) in [5.41, 5.74) is 0.697. The average molecular weight is 407 g/mol. The molecule has 0 radical (unpaired) electrons. The molecule has 1 aromatic carbocycles. The van der Waals surface area contributed by atoms with Gasteiger partial charge in [0.2, 0.25) is 0 Å². The van der Waals surface area contributed by atoms with Gasteiger partial charge >= 0.3 is 6.18 Å². The Hall–Kier alpha value is -2.72. The Bertz CT molecular complexity index is 987. The Morgan fingerprint density at radius 2 is 2.21 bits per heavy atom. The number of aromatic nitrogens is 3. The summed E-state index contributed by atoms with van der Waals surface area (Å²) in [5.74, 6) is -0.0213. The Morgan fingerprint density at radius 1 is 1.36 bits per heavy atom. The van der Waals surface area contributed by atoms with Crippen molar-refractivity contribution in [2.75, 3.05) is 11.9 Å². The fourth-order valence-electron chi connectivity index (χ4n) is 2.96. The third-order valence-electron chi connectivity index (χ3n) is 4.29. The summed E-state index contributed by atoms with van der Waals surface area (Å²) >= 11 is 1.37. The van der Waals surface area contributed by atoms with Crippen molar-refractivity contribution in [3.63, 3.8) is 0 Å². The monoisotopic (exact) mass is 407 g/mol. The Labute approximate surface area is 162 Å². The molecule has 0 bridgehead atoms. The van der Waals surface area contributed by atoms with Gasteiger partial charge in [-0.05, 0) is 24.1 Å². The number of hydrogen-bond acceptors (Lipinski definition) is 5. The molecule has 0 atom stereocenters. The van der Waals surface area contributed by atoms with Crippen molar-refractivity contribution >= 4 is 23.1 Å². The maximum Gasteiger partial charge on any atom is 0.416 e. The number of rotatable bonds is 4. The van der Waals surface area contributed by atoms with Crippen LogP contribution in [-0.2, 0) is 25.7 Å². The van der Waals surface area contributed by atoms with Crippen LogP contribution in [-0.4, -0.2) is 27.0 Å². The minimum atomic E-state index is -4.38. The second kappa shape index (κ2) is 7.36. The van der Waals surface area contributed by atoms with Crippen molar-refractivity contribution in [2.45, 2.75) is 25.7 Å². The smallest absolute Gasteiger partial charge is 0.331 e. The lowest BCUT2D eigenvalue weighted by Crippen LogP contribution is -2.22. The zero-order chi connectivity index (χ0) is 19.7. The van der Waals surface area contributed by atoms with E-state index in [0.717, 1.165) is 35.7 Å². The topological polar surface area (TPSA) is 71.8 Å². The molecule has 1 aliphatic rings. The lowest BCUT2D eigenvalue weighted by atomic mass is 10.1. The van der Waals surface area contributed by atoms with Gasteiger partial charge in [-0.1, -0.05) is 12.1 Å². The number of fused-ring (bicyclic) bond motifs is 1. The van der Waals surface area contributed by atoms with Gasteiger partial charge in [0.05, 0.1) is 17.6 Å². The van der Waals surface area contributed by atoms with Crippen LogP contribution in [0.5, 0.6) is 0 Å². The van der Waals surface area contributed by atoms with E-state index in [-0.39, 0.29) is 12.5 Å². The summed E-state index contributed by atoms with van der Waals surface area (Å²) in [5, 5.41) is 6.27. The van der Waals surface area contributed by atoms with Gasteiger partial charge in [-0.25, -0.2) is 9.97 Å². The molecule has 1 aliphatic heterocycles. The maximum atomic E-state index is 12.8. The Balaban J connectivity index is 1.43. The molecule has 0 saturated heterocycles. The lowest BCUT2D eigenvalue weighted by Gasteiger charge is -2.09. The van der Waals surface area contributed by atoms with E-state index in [2.05, 4.69) is 20.6 Å². The molecular formula is C18H16F3N5OS. The Morgan fingerprint density at radius 3 is 3.00 bits per heavy atom. The molecule has 0 fully saturated rings. The first-order valence-electron chi connectivity index (χ1n) is 8.57. The largest absolute Gasteiger partial charge is 0.416 e. The van der Waals surface area contributed by atoms with Crippen molar-refractivity contribution in [2.24, 2.45) is 0 Å². The van der Waals surface area contributed by atoms with E-state index in [0.29, 0.717) is 22.9 Å². The van der Waals surface area contributed by atoms with Gasteiger partial charge in [0.15, 0.2) is 10.8 Å². The quantitative estimate of drug-likeness (QED) is 0.696. The van der Waals surface area contributed by atoms with E-state index in [1.807, 2.05) is 0 Å². The zero-order valence-electron chi connectivity index (χ0n) is 14.6. The van der Waals surface area contributed by atoms with Crippen LogP contribution >= 0.6 is 11.3 Å². The number of carbonyl (C=O) groups excluding carboxylic acids is 1. The van der Waals surface area contributed by atoms with Gasteiger partial charge in [0.25, 0.3) is 5.91 Å². The highest BCUT2D eigenvalue weighted by Gasteiger charge is 2.30. The number of anilines is 1. The van der Waals surface area contributed by atoms with Crippen LogP contribution in [0.15, 0.2) is 36.8 Å². The SMILES string of the molecule is O=C(Nc1cn(Cc2cccc(C(F)(F)F)c2)cn1)c1nc2c(s1)CCNC2. The number of halogens is 3. The van der Waals surface area contributed by atoms with Crippen LogP contribution in [0.2, 0.25) is 0 Å². The molecule has 28 heavy (non-hydrogen) atoms. The van der Waals surface area contributed by atoms with Crippen LogP contribution in [0.25, 0.3) is 0 Å². The van der Waals surface area contributed by atoms with Crippen molar-refractivity contribution in [1.82, 2.24) is 19.9 Å². The second-order valence-corrected chi connectivity index (χ2v) is 7.48. The van der Waals surface area contributed by atoms with Crippen LogP contribution in [0, 0.1) is 0 Å². The molecule has 146 valence electrons. The minimum absolute atomic E-state index is 0.212. The summed E-state index contributed by atoms with van der Waals surface area (Å²) in [6, 6.07) is 5.12. The second-order valence-electron chi connectivity index (χ2n) is 6.40. The first-order chi connectivity index (χ1) is 13.4. The number of nitrogens with zero attached hydrogens (tertiary/aromatic N) is 3. The van der Waals surface area contributed by atoms with E-state index in [1.54, 1.807) is 16.8 Å². The molecule has 0 aliphatic carbocycles. The lowest BCUT2D eigenvalue weighted by molar-refractivity contribution is -0.137. The third kappa shape index (κ3) is 4.07. The normalized spacial score (nSPS) is 14.0. The highest BCUT2D eigenvalue weighted by atomic mass is 32.1. The van der Waals surface area contributed by atoms with Gasteiger partial charge in [0.1, 0.15) is 0 Å². The summed E-state index contributed by atoms with van der Waals surface area (Å²) in [6.07, 6.45) is -0.488. The van der Waals surface area contributed by atoms with Crippen molar-refractivity contribution in [1.29, 1.82) is 0 Å². The van der Waals surface area contributed by atoms with Gasteiger partial charge in [-0.3, -0.25) is 4.79 Å². The molecule has 0 spiro atoms. The number of amides is 1. The number of hydrogen-bond donors (Lipinski definition) is 2. The highest BCUT2D eigenvalue weighted by molar-refractivity contribution is 7.13. The number of benzene rings is 1. The molecule has 3 heterocycles. The fourth-order valence-corrected chi connectivity index (χ4v) is 3.93. The summed E-state index contributed by atoms with van der Waals surface area (Å²) in [6.45, 7) is 1.74. The molecule has 0 saturated carbocycles. The molecular weight excluding hydrogens is 391 g/mol. The maximum absolute atomic E-state index is 12.8. The zero-order valence-corrected chi connectivity index (χ0v) is 15.4. The van der Waals surface area contributed by atoms with Crippen LogP contribution in [0.3, 0.4) is 0 Å². The molecule has 10 heteroatoms. The molecule has 2 N–H and O–H groups in total. The number of alkyl halides is 3. The summed E-state index contributed by atoms with van der Waals surface area (Å²) < 4.78 is 40.1. The van der Waals surface area contributed by atoms with Gasteiger partial charge < -0.3 is 15.2 Å². The van der Waals surface area contributed by atoms with Crippen molar-refractivity contribution in [3.05, 3.63) is 63.5 Å². The van der Waals surface area contributed by atoms with Crippen LogP contribution in [0.4, 0.5) is 19.0 Å². The van der Waals surface area contributed by atoms with E-state index < -0.39 is 11.7 Å². The highest BCUT2D eigenvalue weighted by Crippen LogP contribution is 2.29. The first kappa shape index (κ1) is 18.6. The molecule has 4 rings (SSSR count). The number of nitrogens with one attached hydrogen (secondary N) is 2. The molecule has 0 unspecified atom stereocenters. The standard InChI is InChI=1S/C18H16F3N5OS/c19-18(20,21)12-3-1-2-11(6-12)8-26-9-15(23-10-26)25-16(27)17-24-13-7-22-5-4-14(13)28-17/h1-3,6,9-10,22H,4-5,7-8H2,(H,25,27). The predicted octanol–water partition coefficient (Wildman–Crippen LogP) is 3.30. The van der Waals surface area contributed by atoms with E-state index in [1.165, 1.54) is 23.7 Å². The van der Waals surface area contributed by atoms with Gasteiger partial charge in [-0.2, -0.15) is 13.2 Å². The van der Waals surface area contributed by atoms with Crippen LogP contribution < -0.4 is 10.6 Å². The minimum Gasteiger partial charge on any atom is -0.331 e. The Kier molecular flexibility index (Phi) is 4.90. The summed E-state index contributed by atoms with van der Waals surface area (Å²) in [7, 11) is 0. The van der Waals surface area contributed by atoms with E-state index >= 15 is 0 Å². The first-order valence-corrected chi connectivity index (χ1v) is 9.39. The number of thiazole rings is 1. The summed E-state index contributed by atoms with van der Waals surface area (Å²) in [4.78, 5) is 22.0. The number of carbonyl (C=O) groups is 1. The van der Waals surface area contributed by atoms with Crippen LogP contribution in [0.1, 0.15) is 31.5 Å². The predicted molar refractivity (Wildman–Crippen MR) is 98.3 cm³/mol. The van der Waals surface area contributed by atoms with E-state index in [9.17, 15) is 18.0 Å². The van der Waals surface area contributed by atoms with Crippen molar-refractivity contribution in [3.8, 4) is 0 Å². The number of imidazole rings is 1. The van der Waals surface area contributed by atoms with Gasteiger partial charge in [-0.15, -0.1) is 11.3 Å². The van der Waals surface area contributed by atoms with Gasteiger partial charge in [0, 0.05) is 30.7 Å². The van der Waals surface area contributed by atoms with E-state index in [4.69, 9.17) is 0 Å². The molecule has 6 nitrogen and oxygen atoms in total. The molecule has 3 aromatic rings. The molecule has 1 amide bonds. The molecule has 2 aromatic heterocycles. The van der Waals surface area contributed by atoms with Crippen molar-refractivity contribution < 1.29 is 18.0 Å². The third-order valence-corrected chi connectivity index (χ3v) is 5.44.